The summed E-state index contributed by atoms with van der Waals surface area (Å²) in [5, 5.41) is 2.78. The first-order chi connectivity index (χ1) is 13.8. The molecule has 0 atom stereocenters. The van der Waals surface area contributed by atoms with Gasteiger partial charge in [0.15, 0.2) is 0 Å². The van der Waals surface area contributed by atoms with E-state index in [0.29, 0.717) is 28.3 Å². The van der Waals surface area contributed by atoms with E-state index in [1.165, 1.54) is 16.6 Å². The number of benzene rings is 2. The SMILES string of the molecule is COc1ccc(C(=O)N(C)C)cc1NC(=O)c1ccc(-n2c(C)c[nH]c2=O)cc1. The molecule has 0 radical (unpaired) electrons. The van der Waals surface area contributed by atoms with Gasteiger partial charge in [-0.05, 0) is 49.4 Å². The number of carbonyl (C=O) groups is 2. The molecule has 0 spiro atoms. The molecule has 1 heterocycles. The molecule has 8 heteroatoms. The van der Waals surface area contributed by atoms with Gasteiger partial charge in [0.1, 0.15) is 5.75 Å². The zero-order valence-corrected chi connectivity index (χ0v) is 16.6. The average Bonchev–Trinajstić information content (AvgIpc) is 3.05. The zero-order valence-electron chi connectivity index (χ0n) is 16.6. The van der Waals surface area contributed by atoms with Crippen LogP contribution >= 0.6 is 0 Å². The van der Waals surface area contributed by atoms with Crippen molar-refractivity contribution in [1.82, 2.24) is 14.5 Å². The molecule has 0 aliphatic rings. The highest BCUT2D eigenvalue weighted by Crippen LogP contribution is 2.26. The number of anilines is 1. The molecule has 0 fully saturated rings. The predicted octanol–water partition coefficient (Wildman–Crippen LogP) is 2.44. The Labute approximate surface area is 167 Å². The molecule has 0 aliphatic heterocycles. The smallest absolute Gasteiger partial charge is 0.330 e. The Morgan fingerprint density at radius 3 is 2.28 bits per heavy atom. The van der Waals surface area contributed by atoms with Crippen LogP contribution in [-0.4, -0.2) is 47.5 Å². The molecule has 0 saturated carbocycles. The van der Waals surface area contributed by atoms with Crippen molar-refractivity contribution < 1.29 is 14.3 Å². The zero-order chi connectivity index (χ0) is 21.1. The number of carbonyl (C=O) groups excluding carboxylic acids is 2. The number of nitrogens with one attached hydrogen (secondary N) is 2. The number of ether oxygens (including phenoxy) is 1. The fourth-order valence-electron chi connectivity index (χ4n) is 2.93. The van der Waals surface area contributed by atoms with E-state index in [-0.39, 0.29) is 17.5 Å². The molecule has 3 aromatic rings. The van der Waals surface area contributed by atoms with Gasteiger partial charge in [0, 0.05) is 37.1 Å². The monoisotopic (exact) mass is 394 g/mol. The number of aryl methyl sites for hydroxylation is 1. The van der Waals surface area contributed by atoms with Crippen molar-refractivity contribution in [3.63, 3.8) is 0 Å². The first kappa shape index (κ1) is 19.9. The summed E-state index contributed by atoms with van der Waals surface area (Å²) in [6.07, 6.45) is 1.62. The lowest BCUT2D eigenvalue weighted by Gasteiger charge is -2.14. The molecule has 2 aromatic carbocycles. The van der Waals surface area contributed by atoms with E-state index < -0.39 is 0 Å². The highest BCUT2D eigenvalue weighted by atomic mass is 16.5. The summed E-state index contributed by atoms with van der Waals surface area (Å²) in [6, 6.07) is 11.5. The van der Waals surface area contributed by atoms with Gasteiger partial charge in [0.2, 0.25) is 0 Å². The molecular weight excluding hydrogens is 372 g/mol. The van der Waals surface area contributed by atoms with E-state index >= 15 is 0 Å². The highest BCUT2D eigenvalue weighted by molar-refractivity contribution is 6.06. The van der Waals surface area contributed by atoms with Crippen LogP contribution in [-0.2, 0) is 0 Å². The van der Waals surface area contributed by atoms with Crippen molar-refractivity contribution in [3.8, 4) is 11.4 Å². The lowest BCUT2D eigenvalue weighted by Crippen LogP contribution is -2.22. The van der Waals surface area contributed by atoms with Crippen molar-refractivity contribution in [3.05, 3.63) is 76.0 Å². The predicted molar refractivity (Wildman–Crippen MR) is 110 cm³/mol. The van der Waals surface area contributed by atoms with Gasteiger partial charge in [0.05, 0.1) is 18.5 Å². The van der Waals surface area contributed by atoms with Gasteiger partial charge in [0.25, 0.3) is 11.8 Å². The normalized spacial score (nSPS) is 10.5. The van der Waals surface area contributed by atoms with E-state index in [0.717, 1.165) is 5.69 Å². The number of hydrogen-bond acceptors (Lipinski definition) is 4. The summed E-state index contributed by atoms with van der Waals surface area (Å²) in [6.45, 7) is 1.81. The van der Waals surface area contributed by atoms with Crippen LogP contribution in [0.15, 0.2) is 53.5 Å². The minimum absolute atomic E-state index is 0.181. The molecule has 0 bridgehead atoms. The van der Waals surface area contributed by atoms with Crippen LogP contribution in [0.4, 0.5) is 5.69 Å². The number of imidazole rings is 1. The van der Waals surface area contributed by atoms with Crippen LogP contribution in [0, 0.1) is 6.92 Å². The van der Waals surface area contributed by atoms with Gasteiger partial charge in [-0.3, -0.25) is 14.2 Å². The Bertz CT molecular complexity index is 1110. The molecule has 3 rings (SSSR count). The minimum Gasteiger partial charge on any atom is -0.495 e. The van der Waals surface area contributed by atoms with Crippen molar-refractivity contribution in [2.75, 3.05) is 26.5 Å². The van der Waals surface area contributed by atoms with Gasteiger partial charge in [-0.2, -0.15) is 0 Å². The Kier molecular flexibility index (Phi) is 5.54. The van der Waals surface area contributed by atoms with E-state index in [1.807, 2.05) is 6.92 Å². The number of amides is 2. The second kappa shape index (κ2) is 8.05. The standard InChI is InChI=1S/C21H22N4O4/c1-13-12-22-21(28)25(13)16-8-5-14(6-9-16)19(26)23-17-11-15(20(27)24(2)3)7-10-18(17)29-4/h5-12H,1-4H3,(H,22,28)(H,23,26). The number of hydrogen-bond donors (Lipinski definition) is 2. The summed E-state index contributed by atoms with van der Waals surface area (Å²) >= 11 is 0. The Balaban J connectivity index is 1.86. The number of H-pyrrole nitrogens is 1. The van der Waals surface area contributed by atoms with E-state index in [2.05, 4.69) is 10.3 Å². The molecule has 0 aliphatic carbocycles. The Morgan fingerprint density at radius 2 is 1.72 bits per heavy atom. The number of rotatable bonds is 5. The number of methoxy groups -OCH3 is 1. The third kappa shape index (κ3) is 4.06. The highest BCUT2D eigenvalue weighted by Gasteiger charge is 2.15. The van der Waals surface area contributed by atoms with Crippen LogP contribution in [0.3, 0.4) is 0 Å². The molecule has 2 N–H and O–H groups in total. The number of aromatic amines is 1. The van der Waals surface area contributed by atoms with Crippen molar-refractivity contribution >= 4 is 17.5 Å². The summed E-state index contributed by atoms with van der Waals surface area (Å²) in [7, 11) is 4.80. The summed E-state index contributed by atoms with van der Waals surface area (Å²) in [5.41, 5.74) is 2.41. The third-order valence-electron chi connectivity index (χ3n) is 4.45. The van der Waals surface area contributed by atoms with Crippen LogP contribution in [0.2, 0.25) is 0 Å². The van der Waals surface area contributed by atoms with Gasteiger partial charge < -0.3 is 19.9 Å². The lowest BCUT2D eigenvalue weighted by molar-refractivity contribution is 0.0827. The largest absolute Gasteiger partial charge is 0.495 e. The number of nitrogens with zero attached hydrogens (tertiary/aromatic N) is 2. The fourth-order valence-corrected chi connectivity index (χ4v) is 2.93. The number of aromatic nitrogens is 2. The maximum Gasteiger partial charge on any atom is 0.330 e. The van der Waals surface area contributed by atoms with Crippen LogP contribution in [0.5, 0.6) is 5.75 Å². The molecular formula is C21H22N4O4. The molecule has 2 amide bonds. The van der Waals surface area contributed by atoms with Crippen LogP contribution in [0.1, 0.15) is 26.4 Å². The van der Waals surface area contributed by atoms with Crippen LogP contribution < -0.4 is 15.7 Å². The van der Waals surface area contributed by atoms with Gasteiger partial charge in [-0.1, -0.05) is 0 Å². The quantitative estimate of drug-likeness (QED) is 0.695. The maximum absolute atomic E-state index is 12.7. The second-order valence-corrected chi connectivity index (χ2v) is 6.69. The van der Waals surface area contributed by atoms with Crippen molar-refractivity contribution in [1.29, 1.82) is 0 Å². The molecule has 0 saturated heterocycles. The maximum atomic E-state index is 12.7. The Morgan fingerprint density at radius 1 is 1.07 bits per heavy atom. The third-order valence-corrected chi connectivity index (χ3v) is 4.45. The molecule has 1 aromatic heterocycles. The first-order valence-electron chi connectivity index (χ1n) is 8.90. The fraction of sp³-hybridized carbons (Fsp3) is 0.190. The molecule has 150 valence electrons. The second-order valence-electron chi connectivity index (χ2n) is 6.69. The molecule has 29 heavy (non-hydrogen) atoms. The van der Waals surface area contributed by atoms with Gasteiger partial charge in [-0.25, -0.2) is 4.79 Å². The summed E-state index contributed by atoms with van der Waals surface area (Å²) < 4.78 is 6.81. The van der Waals surface area contributed by atoms with Crippen molar-refractivity contribution in [2.45, 2.75) is 6.92 Å². The van der Waals surface area contributed by atoms with Crippen molar-refractivity contribution in [2.24, 2.45) is 0 Å². The topological polar surface area (TPSA) is 96.4 Å². The van der Waals surface area contributed by atoms with E-state index in [4.69, 9.17) is 4.74 Å². The minimum atomic E-state index is -0.359. The Hall–Kier alpha value is -3.81. The van der Waals surface area contributed by atoms with Crippen LogP contribution in [0.25, 0.3) is 5.69 Å². The average molecular weight is 394 g/mol. The summed E-state index contributed by atoms with van der Waals surface area (Å²) in [4.78, 5) is 40.9. The van der Waals surface area contributed by atoms with E-state index in [9.17, 15) is 14.4 Å². The van der Waals surface area contributed by atoms with E-state index in [1.54, 1.807) is 62.8 Å². The molecule has 0 unspecified atom stereocenters. The van der Waals surface area contributed by atoms with Gasteiger partial charge >= 0.3 is 5.69 Å². The van der Waals surface area contributed by atoms with Gasteiger partial charge in [-0.15, -0.1) is 0 Å². The molecule has 8 nitrogen and oxygen atoms in total. The summed E-state index contributed by atoms with van der Waals surface area (Å²) in [5.74, 6) is -0.0953. The first-order valence-corrected chi connectivity index (χ1v) is 8.90. The lowest BCUT2D eigenvalue weighted by atomic mass is 10.1.